The first-order valence-electron chi connectivity index (χ1n) is 11.3. The van der Waals surface area contributed by atoms with Gasteiger partial charge >= 0.3 is 0 Å². The predicted octanol–water partition coefficient (Wildman–Crippen LogP) is 4.06. The van der Waals surface area contributed by atoms with Crippen molar-refractivity contribution in [2.75, 3.05) is 33.2 Å². The van der Waals surface area contributed by atoms with Crippen molar-refractivity contribution in [3.63, 3.8) is 0 Å². The van der Waals surface area contributed by atoms with E-state index in [1.54, 1.807) is 0 Å². The van der Waals surface area contributed by atoms with Gasteiger partial charge in [-0.3, -0.25) is 4.79 Å². The number of aryl methyl sites for hydroxylation is 5. The fraction of sp³-hybridized carbons (Fsp3) is 0.500. The number of nitrogens with zero attached hydrogens (tertiary/aromatic N) is 2. The molecule has 4 bridgehead atoms. The van der Waals surface area contributed by atoms with E-state index in [4.69, 9.17) is 0 Å². The van der Waals surface area contributed by atoms with E-state index in [0.717, 1.165) is 71.1 Å². The molecule has 154 valence electrons. The summed E-state index contributed by atoms with van der Waals surface area (Å²) < 4.78 is 0. The average molecular weight is 391 g/mol. The second-order valence-electron chi connectivity index (χ2n) is 8.81. The number of benzene rings is 2. The number of unbranched alkanes of at least 4 members (excludes halogenated alkanes) is 1. The maximum atomic E-state index is 12.5. The summed E-state index contributed by atoms with van der Waals surface area (Å²) in [5, 5.41) is 0. The minimum absolute atomic E-state index is 0.345. The van der Waals surface area contributed by atoms with Crippen LogP contribution < -0.4 is 0 Å². The van der Waals surface area contributed by atoms with Crippen LogP contribution in [0.25, 0.3) is 0 Å². The first kappa shape index (κ1) is 20.2. The van der Waals surface area contributed by atoms with Gasteiger partial charge in [0, 0.05) is 32.6 Å². The van der Waals surface area contributed by atoms with Crippen molar-refractivity contribution in [2.24, 2.45) is 0 Å². The van der Waals surface area contributed by atoms with Crippen LogP contribution in [0.5, 0.6) is 0 Å². The average Bonchev–Trinajstić information content (AvgIpc) is 2.74. The van der Waals surface area contributed by atoms with Gasteiger partial charge in [-0.25, -0.2) is 0 Å². The Morgan fingerprint density at radius 2 is 1.41 bits per heavy atom. The van der Waals surface area contributed by atoms with Crippen molar-refractivity contribution in [3.8, 4) is 0 Å². The minimum Gasteiger partial charge on any atom is -0.340 e. The van der Waals surface area contributed by atoms with Crippen LogP contribution in [0.1, 0.15) is 47.1 Å². The molecular weight excluding hydrogens is 356 g/mol. The molecule has 1 fully saturated rings. The Morgan fingerprint density at radius 1 is 0.793 bits per heavy atom. The van der Waals surface area contributed by atoms with E-state index < -0.39 is 0 Å². The van der Waals surface area contributed by atoms with Crippen LogP contribution in [-0.4, -0.2) is 48.9 Å². The lowest BCUT2D eigenvalue weighted by Gasteiger charge is -2.32. The Kier molecular flexibility index (Phi) is 6.66. The first-order chi connectivity index (χ1) is 14.2. The van der Waals surface area contributed by atoms with Crippen molar-refractivity contribution in [1.82, 2.24) is 9.80 Å². The van der Waals surface area contributed by atoms with Crippen molar-refractivity contribution >= 4 is 5.91 Å². The highest BCUT2D eigenvalue weighted by molar-refractivity contribution is 5.76. The van der Waals surface area contributed by atoms with Crippen LogP contribution in [0.3, 0.4) is 0 Å². The van der Waals surface area contributed by atoms with Gasteiger partial charge in [0.1, 0.15) is 0 Å². The van der Waals surface area contributed by atoms with E-state index in [1.165, 1.54) is 27.8 Å². The van der Waals surface area contributed by atoms with E-state index in [0.29, 0.717) is 12.3 Å². The predicted molar refractivity (Wildman–Crippen MR) is 119 cm³/mol. The number of amides is 1. The molecule has 0 unspecified atom stereocenters. The number of piperazine rings is 1. The van der Waals surface area contributed by atoms with E-state index >= 15 is 0 Å². The molecule has 7 rings (SSSR count). The van der Waals surface area contributed by atoms with Crippen LogP contribution in [0.2, 0.25) is 0 Å². The Labute approximate surface area is 175 Å². The lowest BCUT2D eigenvalue weighted by molar-refractivity contribution is -0.132. The molecule has 3 nitrogen and oxygen atoms in total. The van der Waals surface area contributed by atoms with Crippen LogP contribution >= 0.6 is 0 Å². The first-order valence-corrected chi connectivity index (χ1v) is 11.3. The Bertz CT molecular complexity index is 819. The maximum absolute atomic E-state index is 12.5. The van der Waals surface area contributed by atoms with E-state index in [1.807, 2.05) is 0 Å². The fourth-order valence-corrected chi connectivity index (χ4v) is 4.56. The molecule has 0 atom stereocenters. The summed E-state index contributed by atoms with van der Waals surface area (Å²) in [5.74, 6) is 0.345. The third-order valence-corrected chi connectivity index (χ3v) is 6.62. The number of carbonyl (C=O) groups is 1. The molecule has 2 aromatic rings. The number of carbonyl (C=O) groups excluding carboxylic acids is 1. The largest absolute Gasteiger partial charge is 0.340 e. The van der Waals surface area contributed by atoms with Gasteiger partial charge in [0.25, 0.3) is 0 Å². The summed E-state index contributed by atoms with van der Waals surface area (Å²) in [4.78, 5) is 16.8. The van der Waals surface area contributed by atoms with Gasteiger partial charge < -0.3 is 9.80 Å². The van der Waals surface area contributed by atoms with Crippen LogP contribution in [0.15, 0.2) is 42.5 Å². The zero-order chi connectivity index (χ0) is 20.1. The Hall–Kier alpha value is -2.13. The topological polar surface area (TPSA) is 23.6 Å². The number of hydrogen-bond donors (Lipinski definition) is 0. The second-order valence-corrected chi connectivity index (χ2v) is 8.81. The smallest absolute Gasteiger partial charge is 0.222 e. The third kappa shape index (κ3) is 5.48. The molecular formula is C26H34N2O. The van der Waals surface area contributed by atoms with Crippen molar-refractivity contribution in [3.05, 3.63) is 70.3 Å². The molecule has 0 N–H and O–H groups in total. The van der Waals surface area contributed by atoms with Crippen molar-refractivity contribution in [2.45, 2.75) is 51.4 Å². The lowest BCUT2D eigenvalue weighted by Crippen LogP contribution is -2.47. The molecule has 0 aromatic heterocycles. The second kappa shape index (κ2) is 9.58. The van der Waals surface area contributed by atoms with Gasteiger partial charge in [0.05, 0.1) is 0 Å². The van der Waals surface area contributed by atoms with Gasteiger partial charge in [-0.15, -0.1) is 0 Å². The summed E-state index contributed by atoms with van der Waals surface area (Å²) in [6.45, 7) is 3.79. The highest BCUT2D eigenvalue weighted by atomic mass is 16.2. The van der Waals surface area contributed by atoms with Crippen molar-refractivity contribution < 1.29 is 4.79 Å². The molecule has 29 heavy (non-hydrogen) atoms. The van der Waals surface area contributed by atoms with Crippen LogP contribution in [0.4, 0.5) is 0 Å². The number of hydrogen-bond acceptors (Lipinski definition) is 2. The van der Waals surface area contributed by atoms with Crippen molar-refractivity contribution in [1.29, 1.82) is 0 Å². The van der Waals surface area contributed by atoms with E-state index in [2.05, 4.69) is 59.3 Å². The fourth-order valence-electron chi connectivity index (χ4n) is 4.56. The van der Waals surface area contributed by atoms with Gasteiger partial charge in [-0.1, -0.05) is 42.5 Å². The van der Waals surface area contributed by atoms with Gasteiger partial charge in [-0.05, 0) is 79.8 Å². The Morgan fingerprint density at radius 3 is 2.14 bits per heavy atom. The molecule has 1 heterocycles. The molecule has 0 radical (unpaired) electrons. The quantitative estimate of drug-likeness (QED) is 0.719. The number of rotatable bonds is 5. The van der Waals surface area contributed by atoms with E-state index in [9.17, 15) is 4.79 Å². The molecule has 1 amide bonds. The summed E-state index contributed by atoms with van der Waals surface area (Å²) >= 11 is 0. The zero-order valence-corrected chi connectivity index (χ0v) is 17.8. The molecule has 4 aliphatic carbocycles. The van der Waals surface area contributed by atoms with Crippen LogP contribution in [0, 0.1) is 0 Å². The van der Waals surface area contributed by atoms with Gasteiger partial charge in [-0.2, -0.15) is 0 Å². The summed E-state index contributed by atoms with van der Waals surface area (Å²) in [6, 6.07) is 16.3. The minimum atomic E-state index is 0.345. The highest BCUT2D eigenvalue weighted by Gasteiger charge is 2.18. The molecule has 0 saturated carbocycles. The summed E-state index contributed by atoms with van der Waals surface area (Å²) in [5.41, 5.74) is 7.31. The molecule has 1 saturated heterocycles. The lowest BCUT2D eigenvalue weighted by atomic mass is 9.91. The zero-order valence-electron chi connectivity index (χ0n) is 17.8. The molecule has 3 heteroatoms. The van der Waals surface area contributed by atoms with Crippen LogP contribution in [-0.2, 0) is 36.9 Å². The Balaban J connectivity index is 1.32. The van der Waals surface area contributed by atoms with E-state index in [-0.39, 0.29) is 0 Å². The molecule has 1 aliphatic heterocycles. The number of likely N-dealkylation sites (N-methyl/N-ethyl adjacent to an activating group) is 1. The third-order valence-electron chi connectivity index (χ3n) is 6.62. The van der Waals surface area contributed by atoms with Gasteiger partial charge in [0.15, 0.2) is 0 Å². The normalized spacial score (nSPS) is 17.2. The monoisotopic (exact) mass is 390 g/mol. The summed E-state index contributed by atoms with van der Waals surface area (Å²) in [7, 11) is 2.13. The molecule has 2 aromatic carbocycles. The molecule has 5 aliphatic rings. The highest BCUT2D eigenvalue weighted by Crippen LogP contribution is 2.21. The SMILES string of the molecule is CN1CCN(C(=O)CCCCc2cc3ccc2CCc2ccc(cc2)CC3)CC1. The standard InChI is InChI=1S/C26H34N2O/c1-27-16-18-28(19-17-27)26(29)5-3-2-4-25-20-23-11-10-21-6-8-22(9-7-21)12-14-24(25)15-13-23/h6-9,13,15,20H,2-5,10-12,14,16-19H2,1H3. The summed E-state index contributed by atoms with van der Waals surface area (Å²) in [6.07, 6.45) is 8.32. The van der Waals surface area contributed by atoms with Gasteiger partial charge in [0.2, 0.25) is 5.91 Å². The molecule has 0 spiro atoms. The maximum Gasteiger partial charge on any atom is 0.222 e.